The fourth-order valence-corrected chi connectivity index (χ4v) is 2.67. The van der Waals surface area contributed by atoms with Gasteiger partial charge in [-0.2, -0.15) is 0 Å². The van der Waals surface area contributed by atoms with Crippen molar-refractivity contribution >= 4 is 5.91 Å². The predicted octanol–water partition coefficient (Wildman–Crippen LogP) is 2.46. The van der Waals surface area contributed by atoms with Crippen LogP contribution in [0.1, 0.15) is 35.5 Å². The van der Waals surface area contributed by atoms with Crippen molar-refractivity contribution in [3.63, 3.8) is 0 Å². The minimum Gasteiger partial charge on any atom is -0.458 e. The van der Waals surface area contributed by atoms with Gasteiger partial charge in [-0.3, -0.25) is 4.79 Å². The molecule has 6 heteroatoms. The lowest BCUT2D eigenvalue weighted by molar-refractivity contribution is 0.0943. The maximum atomic E-state index is 12.0. The lowest BCUT2D eigenvalue weighted by atomic mass is 10.3. The SMILES string of the molecule is Cc1ccc(-c2cc(C(=O)NCCCN3CCCC3)no2)o1. The first-order valence-electron chi connectivity index (χ1n) is 7.76. The Morgan fingerprint density at radius 1 is 1.32 bits per heavy atom. The maximum absolute atomic E-state index is 12.0. The molecule has 0 saturated carbocycles. The van der Waals surface area contributed by atoms with Crippen LogP contribution in [0.4, 0.5) is 0 Å². The average Bonchev–Trinajstić information content (AvgIpc) is 3.24. The Balaban J connectivity index is 1.47. The first kappa shape index (κ1) is 14.8. The van der Waals surface area contributed by atoms with Crippen LogP contribution in [-0.2, 0) is 0 Å². The van der Waals surface area contributed by atoms with E-state index in [0.717, 1.165) is 18.7 Å². The summed E-state index contributed by atoms with van der Waals surface area (Å²) in [6, 6.07) is 5.25. The van der Waals surface area contributed by atoms with Crippen LogP contribution >= 0.6 is 0 Å². The van der Waals surface area contributed by atoms with Crippen molar-refractivity contribution in [1.82, 2.24) is 15.4 Å². The van der Waals surface area contributed by atoms with E-state index in [0.29, 0.717) is 18.1 Å². The number of hydrogen-bond donors (Lipinski definition) is 1. The van der Waals surface area contributed by atoms with E-state index in [1.807, 2.05) is 13.0 Å². The average molecular weight is 303 g/mol. The lowest BCUT2D eigenvalue weighted by Gasteiger charge is -2.13. The summed E-state index contributed by atoms with van der Waals surface area (Å²) in [5.74, 6) is 1.63. The Morgan fingerprint density at radius 2 is 2.14 bits per heavy atom. The zero-order valence-corrected chi connectivity index (χ0v) is 12.8. The zero-order chi connectivity index (χ0) is 15.4. The van der Waals surface area contributed by atoms with Crippen molar-refractivity contribution in [3.8, 4) is 11.5 Å². The highest BCUT2D eigenvalue weighted by atomic mass is 16.5. The van der Waals surface area contributed by atoms with Gasteiger partial charge in [0.25, 0.3) is 5.91 Å². The van der Waals surface area contributed by atoms with Gasteiger partial charge in [-0.15, -0.1) is 0 Å². The number of carbonyl (C=O) groups excluding carboxylic acids is 1. The molecule has 118 valence electrons. The lowest BCUT2D eigenvalue weighted by Crippen LogP contribution is -2.28. The number of amides is 1. The molecule has 0 aliphatic carbocycles. The minimum atomic E-state index is -0.209. The van der Waals surface area contributed by atoms with Crippen molar-refractivity contribution in [3.05, 3.63) is 29.7 Å². The predicted molar refractivity (Wildman–Crippen MR) is 81.6 cm³/mol. The van der Waals surface area contributed by atoms with Crippen LogP contribution in [0.5, 0.6) is 0 Å². The number of aryl methyl sites for hydroxylation is 1. The fourth-order valence-electron chi connectivity index (χ4n) is 2.67. The van der Waals surface area contributed by atoms with E-state index < -0.39 is 0 Å². The quantitative estimate of drug-likeness (QED) is 0.830. The van der Waals surface area contributed by atoms with Crippen LogP contribution in [0, 0.1) is 6.92 Å². The normalized spacial score (nSPS) is 15.3. The number of carbonyl (C=O) groups is 1. The molecule has 6 nitrogen and oxygen atoms in total. The van der Waals surface area contributed by atoms with Crippen LogP contribution in [0.2, 0.25) is 0 Å². The second kappa shape index (κ2) is 6.79. The molecule has 0 bridgehead atoms. The summed E-state index contributed by atoms with van der Waals surface area (Å²) in [4.78, 5) is 14.4. The molecule has 2 aromatic heterocycles. The summed E-state index contributed by atoms with van der Waals surface area (Å²) in [5.41, 5.74) is 0.283. The second-order valence-electron chi connectivity index (χ2n) is 5.64. The molecular weight excluding hydrogens is 282 g/mol. The molecule has 1 N–H and O–H groups in total. The van der Waals surface area contributed by atoms with Crippen LogP contribution in [0.15, 0.2) is 27.1 Å². The molecule has 22 heavy (non-hydrogen) atoms. The third-order valence-electron chi connectivity index (χ3n) is 3.86. The highest BCUT2D eigenvalue weighted by molar-refractivity contribution is 5.92. The van der Waals surface area contributed by atoms with E-state index in [4.69, 9.17) is 8.94 Å². The first-order chi connectivity index (χ1) is 10.7. The number of nitrogens with one attached hydrogen (secondary N) is 1. The van der Waals surface area contributed by atoms with Crippen molar-refractivity contribution < 1.29 is 13.7 Å². The highest BCUT2D eigenvalue weighted by Gasteiger charge is 2.15. The monoisotopic (exact) mass is 303 g/mol. The van der Waals surface area contributed by atoms with Gasteiger partial charge in [0.15, 0.2) is 11.5 Å². The van der Waals surface area contributed by atoms with Crippen molar-refractivity contribution in [1.29, 1.82) is 0 Å². The van der Waals surface area contributed by atoms with E-state index in [1.54, 1.807) is 12.1 Å². The van der Waals surface area contributed by atoms with Crippen LogP contribution in [-0.4, -0.2) is 42.1 Å². The number of hydrogen-bond acceptors (Lipinski definition) is 5. The van der Waals surface area contributed by atoms with Crippen LogP contribution in [0.3, 0.4) is 0 Å². The Bertz CT molecular complexity index is 626. The van der Waals surface area contributed by atoms with E-state index in [9.17, 15) is 4.79 Å². The van der Waals surface area contributed by atoms with Crippen LogP contribution in [0.25, 0.3) is 11.5 Å². The molecule has 0 unspecified atom stereocenters. The summed E-state index contributed by atoms with van der Waals surface area (Å²) in [7, 11) is 0. The molecule has 0 atom stereocenters. The van der Waals surface area contributed by atoms with Crippen molar-refractivity contribution in [2.45, 2.75) is 26.2 Å². The number of likely N-dealkylation sites (tertiary alicyclic amines) is 1. The summed E-state index contributed by atoms with van der Waals surface area (Å²) >= 11 is 0. The van der Waals surface area contributed by atoms with Crippen LogP contribution < -0.4 is 5.32 Å². The molecule has 2 aromatic rings. The van der Waals surface area contributed by atoms with Gasteiger partial charge in [0.2, 0.25) is 5.76 Å². The minimum absolute atomic E-state index is 0.209. The Morgan fingerprint density at radius 3 is 2.86 bits per heavy atom. The summed E-state index contributed by atoms with van der Waals surface area (Å²) in [6.07, 6.45) is 3.54. The van der Waals surface area contributed by atoms with Gasteiger partial charge in [-0.1, -0.05) is 5.16 Å². The van der Waals surface area contributed by atoms with Gasteiger partial charge in [0.05, 0.1) is 0 Å². The topological polar surface area (TPSA) is 71.5 Å². The zero-order valence-electron chi connectivity index (χ0n) is 12.8. The van der Waals surface area contributed by atoms with E-state index in [1.165, 1.54) is 25.9 Å². The molecule has 0 aromatic carbocycles. The van der Waals surface area contributed by atoms with Gasteiger partial charge >= 0.3 is 0 Å². The molecule has 1 aliphatic heterocycles. The number of aromatic nitrogens is 1. The largest absolute Gasteiger partial charge is 0.458 e. The third-order valence-corrected chi connectivity index (χ3v) is 3.86. The molecule has 1 saturated heterocycles. The molecule has 0 spiro atoms. The summed E-state index contributed by atoms with van der Waals surface area (Å²) < 4.78 is 10.6. The van der Waals surface area contributed by atoms with Crippen molar-refractivity contribution in [2.24, 2.45) is 0 Å². The Labute approximate surface area is 129 Å². The van der Waals surface area contributed by atoms with Crippen molar-refractivity contribution in [2.75, 3.05) is 26.2 Å². The molecule has 3 heterocycles. The molecule has 0 radical (unpaired) electrons. The summed E-state index contributed by atoms with van der Waals surface area (Å²) in [5, 5.41) is 6.67. The summed E-state index contributed by atoms with van der Waals surface area (Å²) in [6.45, 7) is 5.91. The second-order valence-corrected chi connectivity index (χ2v) is 5.64. The molecule has 1 amide bonds. The van der Waals surface area contributed by atoms with Gasteiger partial charge in [-0.25, -0.2) is 0 Å². The van der Waals surface area contributed by atoms with E-state index in [2.05, 4.69) is 15.4 Å². The third kappa shape index (κ3) is 3.57. The van der Waals surface area contributed by atoms with Gasteiger partial charge in [-0.05, 0) is 58.0 Å². The van der Waals surface area contributed by atoms with Gasteiger partial charge in [0, 0.05) is 12.6 Å². The smallest absolute Gasteiger partial charge is 0.273 e. The number of rotatable bonds is 6. The maximum Gasteiger partial charge on any atom is 0.273 e. The fraction of sp³-hybridized carbons (Fsp3) is 0.500. The molecule has 1 aliphatic rings. The van der Waals surface area contributed by atoms with E-state index in [-0.39, 0.29) is 11.6 Å². The molecular formula is C16H21N3O3. The van der Waals surface area contributed by atoms with E-state index >= 15 is 0 Å². The molecule has 3 rings (SSSR count). The number of furan rings is 1. The van der Waals surface area contributed by atoms with Gasteiger partial charge < -0.3 is 19.2 Å². The Hall–Kier alpha value is -2.08. The molecule has 1 fully saturated rings. The standard InChI is InChI=1S/C16H21N3O3/c1-12-5-6-14(21-12)15-11-13(18-22-15)16(20)17-7-4-10-19-8-2-3-9-19/h5-6,11H,2-4,7-10H2,1H3,(H,17,20). The number of nitrogens with zero attached hydrogens (tertiary/aromatic N) is 2. The van der Waals surface area contributed by atoms with Gasteiger partial charge in [0.1, 0.15) is 5.76 Å². The highest BCUT2D eigenvalue weighted by Crippen LogP contribution is 2.22. The first-order valence-corrected chi connectivity index (χ1v) is 7.76. The Kier molecular flexibility index (Phi) is 4.58.